The van der Waals surface area contributed by atoms with Crippen LogP contribution in [-0.4, -0.2) is 4.79 Å². The highest BCUT2D eigenvalue weighted by Crippen LogP contribution is 2.03. The zero-order chi connectivity index (χ0) is 9.10. The highest BCUT2D eigenvalue weighted by atomic mass is 16.5. The van der Waals surface area contributed by atoms with Crippen LogP contribution in [0.4, 0.5) is 5.69 Å². The molecule has 0 aliphatic heterocycles. The minimum absolute atomic E-state index is 0.715. The zero-order valence-electron chi connectivity index (χ0n) is 6.92. The van der Waals surface area contributed by atoms with Crippen molar-refractivity contribution in [3.05, 3.63) is 54.0 Å². The van der Waals surface area contributed by atoms with Gasteiger partial charge in [0.1, 0.15) is 11.9 Å². The molecule has 0 saturated heterocycles. The average molecular weight is 175 g/mol. The Bertz CT molecular complexity index is 383. The maximum absolute atomic E-state index is 11.0. The minimum atomic E-state index is 0.715. The van der Waals surface area contributed by atoms with Crippen molar-refractivity contribution in [1.82, 2.24) is 4.79 Å². The fraction of sp³-hybridized carbons (Fsp3) is 0. The first-order valence-electron chi connectivity index (χ1n) is 3.95. The maximum atomic E-state index is 11.0. The third-order valence-electron chi connectivity index (χ3n) is 1.67. The van der Waals surface area contributed by atoms with Crippen molar-refractivity contribution >= 4 is 5.69 Å². The van der Waals surface area contributed by atoms with Crippen LogP contribution in [0.2, 0.25) is 0 Å². The van der Waals surface area contributed by atoms with Gasteiger partial charge < -0.3 is 5.21 Å². The molecule has 0 amide bonds. The lowest BCUT2D eigenvalue weighted by Crippen LogP contribution is -2.39. The van der Waals surface area contributed by atoms with E-state index in [0.717, 1.165) is 5.69 Å². The molecular formula is C9H9N3O. The van der Waals surface area contributed by atoms with Gasteiger partial charge in [0, 0.05) is 6.07 Å². The molecule has 2 rings (SSSR count). The summed E-state index contributed by atoms with van der Waals surface area (Å²) in [6.07, 6.45) is 3.08. The molecule has 0 spiro atoms. The summed E-state index contributed by atoms with van der Waals surface area (Å²) in [5.74, 6) is 0. The van der Waals surface area contributed by atoms with Crippen molar-refractivity contribution in [2.75, 3.05) is 5.43 Å². The summed E-state index contributed by atoms with van der Waals surface area (Å²) in [6, 6.07) is 11.2. The Kier molecular flexibility index (Phi) is 1.88. The first-order valence-corrected chi connectivity index (χ1v) is 3.95. The molecule has 1 heterocycles. The van der Waals surface area contributed by atoms with Gasteiger partial charge >= 0.3 is 0 Å². The van der Waals surface area contributed by atoms with Crippen molar-refractivity contribution in [1.29, 1.82) is 0 Å². The number of benzene rings is 1. The number of hydrogen-bond donors (Lipinski definition) is 1. The van der Waals surface area contributed by atoms with Gasteiger partial charge in [-0.2, -0.15) is 10.3 Å². The third-order valence-corrected chi connectivity index (χ3v) is 1.67. The second-order valence-corrected chi connectivity index (χ2v) is 2.62. The molecule has 4 nitrogen and oxygen atoms in total. The molecule has 13 heavy (non-hydrogen) atoms. The van der Waals surface area contributed by atoms with Crippen LogP contribution < -0.4 is 10.3 Å². The molecule has 1 N–H and O–H groups in total. The first kappa shape index (κ1) is 7.67. The minimum Gasteiger partial charge on any atom is -0.693 e. The number of hydrogen-bond acceptors (Lipinski definition) is 2. The molecule has 0 aliphatic carbocycles. The Balaban J connectivity index is 2.20. The lowest BCUT2D eigenvalue weighted by atomic mass is 10.3. The largest absolute Gasteiger partial charge is 0.693 e. The van der Waals surface area contributed by atoms with E-state index >= 15 is 0 Å². The number of aromatic nitrogens is 2. The highest BCUT2D eigenvalue weighted by Gasteiger charge is 1.98. The predicted molar refractivity (Wildman–Crippen MR) is 48.9 cm³/mol. The van der Waals surface area contributed by atoms with Gasteiger partial charge in [0.2, 0.25) is 0 Å². The van der Waals surface area contributed by atoms with Gasteiger partial charge in [-0.15, -0.1) is 0 Å². The van der Waals surface area contributed by atoms with E-state index in [1.165, 1.54) is 11.0 Å². The number of nitrogens with zero attached hydrogens (tertiary/aromatic N) is 2. The summed E-state index contributed by atoms with van der Waals surface area (Å²) in [5.41, 5.74) is 3.80. The fourth-order valence-electron chi connectivity index (χ4n) is 1.06. The lowest BCUT2D eigenvalue weighted by molar-refractivity contribution is -0.688. The van der Waals surface area contributed by atoms with Crippen LogP contribution in [-0.2, 0) is 0 Å². The Hall–Kier alpha value is -1.97. The van der Waals surface area contributed by atoms with Crippen LogP contribution in [0, 0.1) is 5.21 Å². The molecule has 0 radical (unpaired) electrons. The molecule has 0 aliphatic rings. The van der Waals surface area contributed by atoms with Crippen LogP contribution in [0.15, 0.2) is 48.8 Å². The number of para-hydroxylation sites is 1. The molecule has 1 aromatic heterocycles. The number of nitrogens with one attached hydrogen (secondary N) is 1. The normalized spacial score (nSPS) is 9.85. The lowest BCUT2D eigenvalue weighted by Gasteiger charge is -2.05. The van der Waals surface area contributed by atoms with Crippen molar-refractivity contribution in [2.45, 2.75) is 0 Å². The number of rotatable bonds is 2. The molecule has 0 atom stereocenters. The molecule has 0 saturated carbocycles. The van der Waals surface area contributed by atoms with Gasteiger partial charge in [0.25, 0.3) is 0 Å². The molecular weight excluding hydrogens is 166 g/mol. The van der Waals surface area contributed by atoms with Gasteiger partial charge in [-0.05, 0) is 12.1 Å². The van der Waals surface area contributed by atoms with E-state index < -0.39 is 0 Å². The summed E-state index contributed by atoms with van der Waals surface area (Å²) in [6.45, 7) is 0. The molecule has 0 fully saturated rings. The van der Waals surface area contributed by atoms with Crippen molar-refractivity contribution in [3.63, 3.8) is 0 Å². The van der Waals surface area contributed by atoms with Crippen LogP contribution >= 0.6 is 0 Å². The standard InChI is InChI=1S/C9H9N3O/c13-12-8-4-7-11(12)10-9-5-2-1-3-6-9/h1-8,10H. The predicted octanol–water partition coefficient (Wildman–Crippen LogP) is 0.997. The van der Waals surface area contributed by atoms with Crippen LogP contribution in [0.1, 0.15) is 0 Å². The Labute approximate surface area is 75.6 Å². The van der Waals surface area contributed by atoms with E-state index in [2.05, 4.69) is 5.43 Å². The van der Waals surface area contributed by atoms with Crippen LogP contribution in [0.25, 0.3) is 0 Å². The van der Waals surface area contributed by atoms with E-state index in [9.17, 15) is 5.21 Å². The second kappa shape index (κ2) is 3.18. The Morgan fingerprint density at radius 3 is 2.54 bits per heavy atom. The fourth-order valence-corrected chi connectivity index (χ4v) is 1.06. The maximum Gasteiger partial charge on any atom is 0.144 e. The van der Waals surface area contributed by atoms with Gasteiger partial charge in [0.05, 0.1) is 6.20 Å². The third kappa shape index (κ3) is 1.61. The van der Waals surface area contributed by atoms with Gasteiger partial charge in [-0.1, -0.05) is 23.0 Å². The number of anilines is 1. The smallest absolute Gasteiger partial charge is 0.144 e. The highest BCUT2D eigenvalue weighted by molar-refractivity contribution is 5.41. The molecule has 0 unspecified atom stereocenters. The Morgan fingerprint density at radius 2 is 1.92 bits per heavy atom. The summed E-state index contributed by atoms with van der Waals surface area (Å²) >= 11 is 0. The first-order chi connectivity index (χ1) is 6.36. The molecule has 1 aromatic carbocycles. The average Bonchev–Trinajstić information content (AvgIpc) is 2.54. The van der Waals surface area contributed by atoms with Gasteiger partial charge in [-0.3, -0.25) is 0 Å². The Morgan fingerprint density at radius 1 is 1.15 bits per heavy atom. The quantitative estimate of drug-likeness (QED) is 0.546. The van der Waals surface area contributed by atoms with E-state index in [1.807, 2.05) is 30.3 Å². The zero-order valence-corrected chi connectivity index (χ0v) is 6.92. The topological polar surface area (TPSA) is 43.9 Å². The second-order valence-electron chi connectivity index (χ2n) is 2.62. The summed E-state index contributed by atoms with van der Waals surface area (Å²) in [4.78, 5) is 2.07. The molecule has 4 heteroatoms. The summed E-state index contributed by atoms with van der Waals surface area (Å²) in [7, 11) is 0. The summed E-state index contributed by atoms with van der Waals surface area (Å²) < 4.78 is 0. The van der Waals surface area contributed by atoms with Crippen molar-refractivity contribution in [3.8, 4) is 0 Å². The monoisotopic (exact) mass is 175 g/mol. The van der Waals surface area contributed by atoms with E-state index in [-0.39, 0.29) is 0 Å². The van der Waals surface area contributed by atoms with Crippen molar-refractivity contribution < 1.29 is 4.85 Å². The van der Waals surface area contributed by atoms with Crippen molar-refractivity contribution in [2.24, 2.45) is 0 Å². The van der Waals surface area contributed by atoms with Crippen LogP contribution in [0.3, 0.4) is 0 Å². The molecule has 0 bridgehead atoms. The van der Waals surface area contributed by atoms with Gasteiger partial charge in [-0.25, -0.2) is 0 Å². The SMILES string of the molecule is [O-][n+]1cccn1Nc1ccccc1. The van der Waals surface area contributed by atoms with E-state index in [1.54, 1.807) is 12.3 Å². The van der Waals surface area contributed by atoms with E-state index in [0.29, 0.717) is 4.85 Å². The molecule has 2 aromatic rings. The molecule has 66 valence electrons. The van der Waals surface area contributed by atoms with Crippen LogP contribution in [0.5, 0.6) is 0 Å². The van der Waals surface area contributed by atoms with E-state index in [4.69, 9.17) is 0 Å². The van der Waals surface area contributed by atoms with Gasteiger partial charge in [0.15, 0.2) is 0 Å². The summed E-state index contributed by atoms with van der Waals surface area (Å²) in [5, 5.41) is 11.0.